The monoisotopic (exact) mass is 227 g/mol. The van der Waals surface area contributed by atoms with Crippen LogP contribution in [0.4, 0.5) is 0 Å². The molecule has 0 saturated heterocycles. The van der Waals surface area contributed by atoms with Crippen molar-refractivity contribution in [3.63, 3.8) is 0 Å². The van der Waals surface area contributed by atoms with Crippen LogP contribution in [0.5, 0.6) is 5.75 Å². The Morgan fingerprint density at radius 3 is 2.40 bits per heavy atom. The van der Waals surface area contributed by atoms with Gasteiger partial charge in [-0.05, 0) is 12.1 Å². The zero-order valence-corrected chi connectivity index (χ0v) is 8.48. The number of nitrogens with two attached hydrogens (primary N) is 1. The summed E-state index contributed by atoms with van der Waals surface area (Å²) in [5, 5.41) is 0.613. The van der Waals surface area contributed by atoms with Gasteiger partial charge in [-0.15, -0.1) is 0 Å². The number of amides is 1. The Bertz CT molecular complexity index is 464. The molecule has 1 rings (SSSR count). The highest BCUT2D eigenvalue weighted by atomic mass is 32.2. The molecular weight excluding hydrogens is 218 g/mol. The summed E-state index contributed by atoms with van der Waals surface area (Å²) in [6, 6.07) is 7.94. The van der Waals surface area contributed by atoms with Gasteiger partial charge in [0.25, 0.3) is 0 Å². The molecule has 5 nitrogen and oxygen atoms in total. The maximum atomic E-state index is 11.2. The summed E-state index contributed by atoms with van der Waals surface area (Å²) in [7, 11) is -3.91. The Hall–Kier alpha value is -1.82. The minimum atomic E-state index is -3.91. The summed E-state index contributed by atoms with van der Waals surface area (Å²) in [5.74, 6) is -0.679. The third-order valence-electron chi connectivity index (χ3n) is 1.35. The largest absolute Gasteiger partial charge is 0.379 e. The molecule has 0 fully saturated rings. The normalized spacial score (nSPS) is 11.5. The molecule has 0 aliphatic heterocycles. The molecular formula is C9H9NO4S. The van der Waals surface area contributed by atoms with Crippen LogP contribution in [0.3, 0.4) is 0 Å². The fraction of sp³-hybridized carbons (Fsp3) is 0. The van der Waals surface area contributed by atoms with E-state index >= 15 is 0 Å². The number of benzene rings is 1. The average Bonchev–Trinajstić information content (AvgIpc) is 2.16. The van der Waals surface area contributed by atoms with Gasteiger partial charge >= 0.3 is 10.1 Å². The fourth-order valence-corrected chi connectivity index (χ4v) is 1.52. The van der Waals surface area contributed by atoms with Crippen molar-refractivity contribution in [1.82, 2.24) is 0 Å². The molecule has 0 unspecified atom stereocenters. The van der Waals surface area contributed by atoms with Crippen LogP contribution < -0.4 is 9.92 Å². The van der Waals surface area contributed by atoms with E-state index in [1.165, 1.54) is 12.1 Å². The van der Waals surface area contributed by atoms with Crippen molar-refractivity contribution in [3.8, 4) is 5.75 Å². The number of primary amides is 1. The zero-order valence-electron chi connectivity index (χ0n) is 7.66. The molecule has 1 aromatic rings. The molecule has 15 heavy (non-hydrogen) atoms. The second-order valence-electron chi connectivity index (χ2n) is 2.59. The van der Waals surface area contributed by atoms with E-state index < -0.39 is 16.0 Å². The van der Waals surface area contributed by atoms with E-state index in [2.05, 4.69) is 4.18 Å². The van der Waals surface area contributed by atoms with Gasteiger partial charge in [0, 0.05) is 6.08 Å². The van der Waals surface area contributed by atoms with E-state index in [0.717, 1.165) is 6.08 Å². The molecule has 0 aromatic heterocycles. The molecule has 0 bridgehead atoms. The number of carbonyl (C=O) groups excluding carboxylic acids is 1. The van der Waals surface area contributed by atoms with Gasteiger partial charge in [0.1, 0.15) is 5.75 Å². The Morgan fingerprint density at radius 2 is 1.87 bits per heavy atom. The van der Waals surface area contributed by atoms with E-state index in [9.17, 15) is 13.2 Å². The van der Waals surface area contributed by atoms with Crippen molar-refractivity contribution in [2.24, 2.45) is 5.73 Å². The molecule has 1 aromatic carbocycles. The lowest BCUT2D eigenvalue weighted by atomic mass is 10.3. The Labute approximate surface area is 87.3 Å². The molecule has 1 amide bonds. The lowest BCUT2D eigenvalue weighted by Gasteiger charge is -2.01. The molecule has 0 aliphatic rings. The van der Waals surface area contributed by atoms with Gasteiger partial charge in [0.05, 0.1) is 5.41 Å². The van der Waals surface area contributed by atoms with Crippen LogP contribution >= 0.6 is 0 Å². The summed E-state index contributed by atoms with van der Waals surface area (Å²) in [5.41, 5.74) is 4.75. The van der Waals surface area contributed by atoms with Crippen molar-refractivity contribution in [2.75, 3.05) is 0 Å². The molecule has 0 aliphatic carbocycles. The van der Waals surface area contributed by atoms with E-state index in [4.69, 9.17) is 5.73 Å². The number of para-hydroxylation sites is 1. The number of rotatable bonds is 4. The Balaban J connectivity index is 2.78. The summed E-state index contributed by atoms with van der Waals surface area (Å²) in [4.78, 5) is 10.3. The predicted molar refractivity (Wildman–Crippen MR) is 54.3 cm³/mol. The smallest absolute Gasteiger partial charge is 0.332 e. The van der Waals surface area contributed by atoms with Crippen LogP contribution in [0.1, 0.15) is 0 Å². The van der Waals surface area contributed by atoms with Crippen LogP contribution in [0, 0.1) is 0 Å². The van der Waals surface area contributed by atoms with E-state index in [1.807, 2.05) is 0 Å². The van der Waals surface area contributed by atoms with Crippen LogP contribution in [-0.4, -0.2) is 14.3 Å². The summed E-state index contributed by atoms with van der Waals surface area (Å²) < 4.78 is 27.0. The topological polar surface area (TPSA) is 86.5 Å². The third kappa shape index (κ3) is 4.28. The minimum Gasteiger partial charge on any atom is -0.379 e. The number of hydrogen-bond acceptors (Lipinski definition) is 4. The molecule has 0 atom stereocenters. The van der Waals surface area contributed by atoms with Gasteiger partial charge < -0.3 is 9.92 Å². The highest BCUT2D eigenvalue weighted by Crippen LogP contribution is 2.11. The molecule has 2 N–H and O–H groups in total. The first kappa shape index (κ1) is 11.3. The van der Waals surface area contributed by atoms with Crippen molar-refractivity contribution in [3.05, 3.63) is 41.8 Å². The molecule has 80 valence electrons. The standard InChI is InChI=1S/C9H9NO4S/c10-9(11)6-7-15(12,13)14-8-4-2-1-3-5-8/h1-7H,(H2,10,11). The van der Waals surface area contributed by atoms with Crippen LogP contribution in [0.2, 0.25) is 0 Å². The molecule has 0 spiro atoms. The van der Waals surface area contributed by atoms with Crippen LogP contribution in [0.15, 0.2) is 41.8 Å². The van der Waals surface area contributed by atoms with Gasteiger partial charge in [0.15, 0.2) is 0 Å². The average molecular weight is 227 g/mol. The van der Waals surface area contributed by atoms with E-state index in [1.54, 1.807) is 18.2 Å². The Morgan fingerprint density at radius 1 is 1.27 bits per heavy atom. The first-order valence-electron chi connectivity index (χ1n) is 3.97. The molecule has 0 radical (unpaired) electrons. The summed E-state index contributed by atoms with van der Waals surface area (Å²) in [6.45, 7) is 0. The second-order valence-corrected chi connectivity index (χ2v) is 4.02. The van der Waals surface area contributed by atoms with Gasteiger partial charge in [0.2, 0.25) is 5.91 Å². The zero-order chi connectivity index (χ0) is 11.3. The fourth-order valence-electron chi connectivity index (χ4n) is 0.788. The van der Waals surface area contributed by atoms with Gasteiger partial charge in [-0.2, -0.15) is 8.42 Å². The summed E-state index contributed by atoms with van der Waals surface area (Å²) >= 11 is 0. The maximum Gasteiger partial charge on any atom is 0.332 e. The second kappa shape index (κ2) is 4.61. The summed E-state index contributed by atoms with van der Waals surface area (Å²) in [6.07, 6.45) is 0.721. The van der Waals surface area contributed by atoms with Crippen LogP contribution in [0.25, 0.3) is 0 Å². The minimum absolute atomic E-state index is 0.173. The highest BCUT2D eigenvalue weighted by molar-refractivity contribution is 7.90. The first-order chi connectivity index (χ1) is 6.99. The molecule has 0 heterocycles. The van der Waals surface area contributed by atoms with Crippen molar-refractivity contribution < 1.29 is 17.4 Å². The van der Waals surface area contributed by atoms with E-state index in [-0.39, 0.29) is 5.75 Å². The van der Waals surface area contributed by atoms with Crippen molar-refractivity contribution in [2.45, 2.75) is 0 Å². The van der Waals surface area contributed by atoms with Crippen LogP contribution in [-0.2, 0) is 14.9 Å². The van der Waals surface area contributed by atoms with Gasteiger partial charge in [-0.25, -0.2) is 0 Å². The van der Waals surface area contributed by atoms with E-state index in [0.29, 0.717) is 5.41 Å². The predicted octanol–water partition coefficient (Wildman–Crippen LogP) is 0.394. The van der Waals surface area contributed by atoms with Gasteiger partial charge in [-0.1, -0.05) is 18.2 Å². The van der Waals surface area contributed by atoms with Crippen molar-refractivity contribution in [1.29, 1.82) is 0 Å². The maximum absolute atomic E-state index is 11.2. The lowest BCUT2D eigenvalue weighted by molar-refractivity contribution is -0.113. The number of carbonyl (C=O) groups is 1. The SMILES string of the molecule is NC(=O)C=CS(=O)(=O)Oc1ccccc1. The molecule has 6 heteroatoms. The number of hydrogen-bond donors (Lipinski definition) is 1. The van der Waals surface area contributed by atoms with Gasteiger partial charge in [-0.3, -0.25) is 4.79 Å². The highest BCUT2D eigenvalue weighted by Gasteiger charge is 2.07. The lowest BCUT2D eigenvalue weighted by Crippen LogP contribution is -2.10. The third-order valence-corrected chi connectivity index (χ3v) is 2.25. The first-order valence-corrected chi connectivity index (χ1v) is 5.44. The van der Waals surface area contributed by atoms with Crippen molar-refractivity contribution >= 4 is 16.0 Å². The molecule has 0 saturated carbocycles. The quantitative estimate of drug-likeness (QED) is 0.595. The Kier molecular flexibility index (Phi) is 3.46.